The van der Waals surface area contributed by atoms with Crippen LogP contribution in [0.3, 0.4) is 0 Å². The monoisotopic (exact) mass is 1200 g/mol. The van der Waals surface area contributed by atoms with Crippen molar-refractivity contribution >= 4 is 100 Å². The summed E-state index contributed by atoms with van der Waals surface area (Å²) in [5, 5.41) is 40.1. The van der Waals surface area contributed by atoms with Gasteiger partial charge in [0.15, 0.2) is 0 Å². The molecule has 0 spiro atoms. The number of carboxylic acid groups (broad SMARTS) is 1. The molecule has 0 radical (unpaired) electrons. The van der Waals surface area contributed by atoms with Crippen molar-refractivity contribution in [1.82, 2.24) is 26.6 Å². The predicted octanol–water partition coefficient (Wildman–Crippen LogP) is 7.51. The van der Waals surface area contributed by atoms with E-state index in [1.807, 2.05) is 0 Å². The Balaban J connectivity index is 5.85. The highest BCUT2D eigenvalue weighted by molar-refractivity contribution is 7.99. The smallest absolute Gasteiger partial charge is 0.407 e. The summed E-state index contributed by atoms with van der Waals surface area (Å²) in [5.41, 5.74) is 5.20. The molecular formula is C54H95Cl3N6O15S. The van der Waals surface area contributed by atoms with E-state index in [1.54, 1.807) is 0 Å². The van der Waals surface area contributed by atoms with E-state index in [9.17, 15) is 53.4 Å². The van der Waals surface area contributed by atoms with Crippen LogP contribution >= 0.6 is 46.6 Å². The molecule has 0 rings (SSSR count). The van der Waals surface area contributed by atoms with E-state index in [4.69, 9.17) is 59.9 Å². The Morgan fingerprint density at radius 1 is 0.506 bits per heavy atom. The number of aliphatic hydroxyl groups excluding tert-OH is 2. The fourth-order valence-corrected chi connectivity index (χ4v) is 9.21. The van der Waals surface area contributed by atoms with Crippen LogP contribution in [0.4, 0.5) is 4.79 Å². The van der Waals surface area contributed by atoms with Gasteiger partial charge in [0.1, 0.15) is 49.5 Å². The van der Waals surface area contributed by atoms with Gasteiger partial charge < -0.3 is 61.8 Å². The molecule has 0 aromatic heterocycles. The number of halogens is 3. The lowest BCUT2D eigenvalue weighted by Crippen LogP contribution is -2.60. The molecule has 0 unspecified atom stereocenters. The molecule has 21 nitrogen and oxygen atoms in total. The number of primary amides is 1. The number of ether oxygens (including phenoxy) is 3. The minimum absolute atomic E-state index is 0.0355. The van der Waals surface area contributed by atoms with Crippen molar-refractivity contribution in [3.63, 3.8) is 0 Å². The van der Waals surface area contributed by atoms with Gasteiger partial charge in [-0.1, -0.05) is 203 Å². The van der Waals surface area contributed by atoms with Gasteiger partial charge in [-0.25, -0.2) is 4.79 Å². The highest BCUT2D eigenvalue weighted by Crippen LogP contribution is 2.26. The van der Waals surface area contributed by atoms with E-state index in [2.05, 4.69) is 40.4 Å². The first kappa shape index (κ1) is 75.2. The molecule has 6 amide bonds. The minimum Gasteiger partial charge on any atom is -0.480 e. The molecule has 0 aromatic rings. The molecule has 0 aliphatic carbocycles. The van der Waals surface area contributed by atoms with Crippen LogP contribution in [0.2, 0.25) is 0 Å². The fraction of sp³-hybridized carbons (Fsp3) is 0.833. The van der Waals surface area contributed by atoms with E-state index in [1.165, 1.54) is 103 Å². The number of carbonyl (C=O) groups excluding carboxylic acids is 8. The van der Waals surface area contributed by atoms with Crippen LogP contribution in [0.5, 0.6) is 0 Å². The average Bonchev–Trinajstić information content (AvgIpc) is 3.39. The number of aliphatic carboxylic acids is 1. The van der Waals surface area contributed by atoms with Crippen LogP contribution < -0.4 is 32.3 Å². The third kappa shape index (κ3) is 42.7. The molecule has 0 saturated carbocycles. The van der Waals surface area contributed by atoms with Gasteiger partial charge in [0.25, 0.3) is 0 Å². The van der Waals surface area contributed by atoms with Crippen molar-refractivity contribution in [3.8, 4) is 0 Å². The number of nitrogens with two attached hydrogens (primary N) is 1. The first-order chi connectivity index (χ1) is 37.7. The number of hydrogen-bond donors (Lipinski definition) is 9. The van der Waals surface area contributed by atoms with Crippen LogP contribution in [-0.4, -0.2) is 147 Å². The topological polar surface area (TPSA) is 328 Å². The van der Waals surface area contributed by atoms with Gasteiger partial charge in [0.05, 0.1) is 19.6 Å². The van der Waals surface area contributed by atoms with Crippen molar-refractivity contribution in [2.75, 3.05) is 37.9 Å². The first-order valence-electron chi connectivity index (χ1n) is 28.5. The van der Waals surface area contributed by atoms with E-state index < -0.39 is 120 Å². The number of carbonyl (C=O) groups is 9. The molecule has 0 fully saturated rings. The molecule has 79 heavy (non-hydrogen) atoms. The number of nitrogens with one attached hydrogen (secondary N) is 5. The summed E-state index contributed by atoms with van der Waals surface area (Å²) in [5.74, 6) is -8.46. The van der Waals surface area contributed by atoms with Gasteiger partial charge in [-0.2, -0.15) is 11.8 Å². The van der Waals surface area contributed by atoms with E-state index in [0.717, 1.165) is 70.1 Å². The summed E-state index contributed by atoms with van der Waals surface area (Å²) in [4.78, 5) is 115. The normalized spacial score (nSPS) is 13.6. The highest BCUT2D eigenvalue weighted by atomic mass is 35.6. The largest absolute Gasteiger partial charge is 0.480 e. The number of alkyl carbamates (subject to hydrolysis) is 1. The maximum atomic E-state index is 13.8. The molecular weight excluding hydrogens is 1110 g/mol. The summed E-state index contributed by atoms with van der Waals surface area (Å²) < 4.78 is 14.3. The zero-order valence-corrected chi connectivity index (χ0v) is 50.2. The maximum absolute atomic E-state index is 13.8. The maximum Gasteiger partial charge on any atom is 0.407 e. The van der Waals surface area contributed by atoms with Gasteiger partial charge in [-0.05, 0) is 19.8 Å². The molecule has 0 aliphatic rings. The first-order valence-corrected chi connectivity index (χ1v) is 30.8. The highest BCUT2D eigenvalue weighted by Gasteiger charge is 2.33. The molecule has 0 bridgehead atoms. The SMILES string of the molecule is CCCCCCCCCCCCCCCC(=O)OC[C@@H](CSC[C@H](NC(=O)OCC(Cl)(Cl)Cl)C(=O)N[C@@H](CO)C(=O)N[C@@H](CO)C(=O)N[C@@H](CC(N)=O)C(=O)N[C@@H](C)C(=O)O)OC(=O)CCCCCCCCCCCCCCC. The number of carboxylic acids is 1. The van der Waals surface area contributed by atoms with Crippen molar-refractivity contribution in [2.45, 2.75) is 247 Å². The third-order valence-electron chi connectivity index (χ3n) is 12.7. The van der Waals surface area contributed by atoms with Crippen molar-refractivity contribution in [1.29, 1.82) is 0 Å². The Morgan fingerprint density at radius 3 is 1.28 bits per heavy atom. The Morgan fingerprint density at radius 2 is 0.886 bits per heavy atom. The van der Waals surface area contributed by atoms with Gasteiger partial charge in [0, 0.05) is 24.3 Å². The second kappa shape index (κ2) is 47.8. The molecule has 0 aromatic carbocycles. The fourth-order valence-electron chi connectivity index (χ4n) is 8.02. The van der Waals surface area contributed by atoms with Crippen molar-refractivity contribution < 1.29 is 72.7 Å². The van der Waals surface area contributed by atoms with Crippen LogP contribution in [0.1, 0.15) is 207 Å². The molecule has 0 aliphatic heterocycles. The predicted molar refractivity (Wildman–Crippen MR) is 306 cm³/mol. The van der Waals surface area contributed by atoms with Crippen molar-refractivity contribution in [3.05, 3.63) is 0 Å². The number of hydrogen-bond acceptors (Lipinski definition) is 15. The zero-order valence-electron chi connectivity index (χ0n) is 47.1. The number of rotatable bonds is 50. The molecule has 0 heterocycles. The van der Waals surface area contributed by atoms with Crippen LogP contribution in [0.15, 0.2) is 0 Å². The number of esters is 2. The number of unbranched alkanes of at least 4 members (excludes halogenated alkanes) is 24. The Labute approximate surface area is 487 Å². The molecule has 10 N–H and O–H groups in total. The summed E-state index contributed by atoms with van der Waals surface area (Å²) in [7, 11) is 0. The van der Waals surface area contributed by atoms with E-state index >= 15 is 0 Å². The second-order valence-electron chi connectivity index (χ2n) is 20.0. The summed E-state index contributed by atoms with van der Waals surface area (Å²) in [6, 6.07) is -8.42. The average molecular weight is 1210 g/mol. The Kier molecular flexibility index (Phi) is 45.5. The molecule has 25 heteroatoms. The van der Waals surface area contributed by atoms with Crippen molar-refractivity contribution in [2.24, 2.45) is 5.73 Å². The van der Waals surface area contributed by atoms with Gasteiger partial charge in [0.2, 0.25) is 33.3 Å². The van der Waals surface area contributed by atoms with E-state index in [0.29, 0.717) is 12.8 Å². The quantitative estimate of drug-likeness (QED) is 0.0123. The van der Waals surface area contributed by atoms with Crippen LogP contribution in [0, 0.1) is 0 Å². The summed E-state index contributed by atoms with van der Waals surface area (Å²) >= 11 is 18.2. The number of amides is 6. The Hall–Kier alpha value is -3.83. The van der Waals surface area contributed by atoms with Gasteiger partial charge in [-0.15, -0.1) is 0 Å². The number of alkyl halides is 3. The minimum atomic E-state index is -2.03. The van der Waals surface area contributed by atoms with Crippen LogP contribution in [0.25, 0.3) is 0 Å². The summed E-state index contributed by atoms with van der Waals surface area (Å²) in [6.45, 7) is 2.33. The Bertz CT molecular complexity index is 1750. The number of aliphatic hydroxyl groups is 2. The lowest BCUT2D eigenvalue weighted by molar-refractivity contribution is -0.157. The zero-order chi connectivity index (χ0) is 59.3. The van der Waals surface area contributed by atoms with E-state index in [-0.39, 0.29) is 31.0 Å². The van der Waals surface area contributed by atoms with Gasteiger partial charge >= 0.3 is 24.0 Å². The summed E-state index contributed by atoms with van der Waals surface area (Å²) in [6.07, 6.45) is 26.9. The molecule has 6 atom stereocenters. The van der Waals surface area contributed by atoms with Crippen LogP contribution in [-0.2, 0) is 52.6 Å². The lowest BCUT2D eigenvalue weighted by Gasteiger charge is -2.25. The third-order valence-corrected chi connectivity index (χ3v) is 14.2. The molecule has 0 saturated heterocycles. The lowest BCUT2D eigenvalue weighted by atomic mass is 10.0. The standard InChI is InChI=1S/C54H95Cl3N6O15S/c1-4-6-8-10-12-14-16-18-20-22-24-26-28-30-46(67)76-35-40(78-47(68)31-29-27-25-23-21-19-17-15-13-11-9-7-5-2)36-79-37-44(63-53(75)77-38-54(55,56)57)51(72)62-43(34-65)50(71)61-42(33-64)49(70)60-41(32-45(58)66)48(69)59-39(3)52(73)74/h39-44,64-65H,4-38H2,1-3H3,(H2,58,66)(H,59,69)(H,60,70)(H,61,71)(H,62,72)(H,63,75)(H,73,74)/t39-,40-,41-,42-,43-,44-/m0/s1. The number of thioether (sulfide) groups is 1. The molecule has 458 valence electrons. The van der Waals surface area contributed by atoms with Gasteiger partial charge in [-0.3, -0.25) is 38.4 Å². The second-order valence-corrected chi connectivity index (χ2v) is 23.6.